The third-order valence-corrected chi connectivity index (χ3v) is 8.13. The average molecular weight is 483 g/mol. The van der Waals surface area contributed by atoms with E-state index in [2.05, 4.69) is 11.4 Å². The molecule has 0 radical (unpaired) electrons. The second-order valence-corrected chi connectivity index (χ2v) is 11.1. The number of halogens is 2. The highest BCUT2D eigenvalue weighted by atomic mass is 35.5. The molecule has 0 aromatic heterocycles. The topological polar surface area (TPSA) is 66.5 Å². The van der Waals surface area contributed by atoms with Crippen LogP contribution in [0, 0.1) is 19.8 Å². The van der Waals surface area contributed by atoms with Crippen LogP contribution in [-0.2, 0) is 20.6 Å². The molecule has 0 bridgehead atoms. The molecule has 1 saturated heterocycles. The Balaban J connectivity index is 1.66. The van der Waals surface area contributed by atoms with E-state index in [1.165, 1.54) is 15.9 Å². The van der Waals surface area contributed by atoms with E-state index in [-0.39, 0.29) is 30.2 Å². The van der Waals surface area contributed by atoms with Gasteiger partial charge < -0.3 is 5.32 Å². The van der Waals surface area contributed by atoms with Gasteiger partial charge in [-0.15, -0.1) is 0 Å². The molecule has 1 fully saturated rings. The van der Waals surface area contributed by atoms with E-state index in [4.69, 9.17) is 23.2 Å². The summed E-state index contributed by atoms with van der Waals surface area (Å²) in [4.78, 5) is 12.9. The molecule has 1 N–H and O–H groups in total. The SMILES string of the molecule is Cc1ccc([C@H](C)NC(=O)[C@H]2CCCN(S(=O)(=O)Cc3ccc(Cl)cc3Cl)C2)c(C)c1. The maximum Gasteiger partial charge on any atom is 0.224 e. The summed E-state index contributed by atoms with van der Waals surface area (Å²) in [6, 6.07) is 10.8. The highest BCUT2D eigenvalue weighted by Gasteiger charge is 2.33. The summed E-state index contributed by atoms with van der Waals surface area (Å²) in [6.07, 6.45) is 1.31. The smallest absolute Gasteiger partial charge is 0.224 e. The van der Waals surface area contributed by atoms with Gasteiger partial charge in [-0.3, -0.25) is 4.79 Å². The molecule has 1 aliphatic heterocycles. The van der Waals surface area contributed by atoms with E-state index < -0.39 is 10.0 Å². The van der Waals surface area contributed by atoms with Gasteiger partial charge in [-0.05, 0) is 62.4 Å². The molecule has 8 heteroatoms. The number of sulfonamides is 1. The molecule has 2 aromatic rings. The van der Waals surface area contributed by atoms with Crippen LogP contribution in [0.2, 0.25) is 10.0 Å². The summed E-state index contributed by atoms with van der Waals surface area (Å²) in [6.45, 7) is 6.61. The third kappa shape index (κ3) is 6.01. The molecular weight excluding hydrogens is 455 g/mol. The Labute approximate surface area is 194 Å². The lowest BCUT2D eigenvalue weighted by atomic mass is 9.96. The number of carbonyl (C=O) groups is 1. The van der Waals surface area contributed by atoms with Gasteiger partial charge in [0.1, 0.15) is 0 Å². The summed E-state index contributed by atoms with van der Waals surface area (Å²) in [5.74, 6) is -0.703. The Morgan fingerprint density at radius 2 is 1.94 bits per heavy atom. The van der Waals surface area contributed by atoms with E-state index in [1.54, 1.807) is 12.1 Å². The van der Waals surface area contributed by atoms with Gasteiger partial charge in [-0.25, -0.2) is 12.7 Å². The van der Waals surface area contributed by atoms with Crippen LogP contribution < -0.4 is 5.32 Å². The summed E-state index contributed by atoms with van der Waals surface area (Å²) < 4.78 is 27.4. The van der Waals surface area contributed by atoms with Crippen molar-refractivity contribution in [2.75, 3.05) is 13.1 Å². The number of nitrogens with one attached hydrogen (secondary N) is 1. The van der Waals surface area contributed by atoms with Gasteiger partial charge in [-0.1, -0.05) is 53.0 Å². The molecule has 168 valence electrons. The van der Waals surface area contributed by atoms with Crippen molar-refractivity contribution in [1.82, 2.24) is 9.62 Å². The van der Waals surface area contributed by atoms with Crippen LogP contribution in [0.25, 0.3) is 0 Å². The molecule has 0 unspecified atom stereocenters. The molecule has 0 saturated carbocycles. The summed E-state index contributed by atoms with van der Waals surface area (Å²) >= 11 is 12.1. The molecule has 1 aliphatic rings. The van der Waals surface area contributed by atoms with Gasteiger partial charge in [0.25, 0.3) is 0 Å². The summed E-state index contributed by atoms with van der Waals surface area (Å²) in [5.41, 5.74) is 3.87. The van der Waals surface area contributed by atoms with Crippen LogP contribution in [0.3, 0.4) is 0 Å². The van der Waals surface area contributed by atoms with Crippen molar-refractivity contribution in [3.05, 3.63) is 68.7 Å². The Bertz CT molecular complexity index is 1070. The molecule has 1 heterocycles. The van der Waals surface area contributed by atoms with Crippen LogP contribution in [0.15, 0.2) is 36.4 Å². The highest BCUT2D eigenvalue weighted by Crippen LogP contribution is 2.27. The molecule has 2 aromatic carbocycles. The van der Waals surface area contributed by atoms with Crippen molar-refractivity contribution in [3.63, 3.8) is 0 Å². The lowest BCUT2D eigenvalue weighted by Crippen LogP contribution is -2.46. The number of hydrogen-bond acceptors (Lipinski definition) is 3. The molecule has 1 amide bonds. The monoisotopic (exact) mass is 482 g/mol. The number of amides is 1. The van der Waals surface area contributed by atoms with Crippen LogP contribution in [0.1, 0.15) is 48.1 Å². The number of hydrogen-bond donors (Lipinski definition) is 1. The van der Waals surface area contributed by atoms with Crippen molar-refractivity contribution < 1.29 is 13.2 Å². The largest absolute Gasteiger partial charge is 0.349 e. The second-order valence-electron chi connectivity index (χ2n) is 8.28. The Morgan fingerprint density at radius 3 is 2.61 bits per heavy atom. The van der Waals surface area contributed by atoms with Crippen molar-refractivity contribution in [2.45, 2.75) is 45.4 Å². The first-order chi connectivity index (χ1) is 14.6. The van der Waals surface area contributed by atoms with Gasteiger partial charge >= 0.3 is 0 Å². The van der Waals surface area contributed by atoms with Crippen LogP contribution in [0.5, 0.6) is 0 Å². The maximum absolute atomic E-state index is 13.0. The number of rotatable bonds is 6. The first-order valence-electron chi connectivity index (χ1n) is 10.4. The fourth-order valence-corrected chi connectivity index (χ4v) is 6.25. The Hall–Kier alpha value is -1.60. The van der Waals surface area contributed by atoms with E-state index in [0.29, 0.717) is 35.0 Å². The standard InChI is InChI=1S/C23H28Cl2N2O3S/c1-15-6-9-21(16(2)11-15)17(3)26-23(28)18-5-4-10-27(13-18)31(29,30)14-19-7-8-20(24)12-22(19)25/h6-9,11-12,17-18H,4-5,10,13-14H2,1-3H3,(H,26,28)/t17-,18-/m0/s1. The number of piperidine rings is 1. The van der Waals surface area contributed by atoms with Gasteiger partial charge in [0, 0.05) is 23.1 Å². The maximum atomic E-state index is 13.0. The Kier molecular flexibility index (Phi) is 7.68. The minimum absolute atomic E-state index is 0.114. The van der Waals surface area contributed by atoms with E-state index in [0.717, 1.165) is 11.1 Å². The zero-order chi connectivity index (χ0) is 22.8. The second kappa shape index (κ2) is 9.90. The molecule has 5 nitrogen and oxygen atoms in total. The number of aryl methyl sites for hydroxylation is 2. The molecule has 31 heavy (non-hydrogen) atoms. The van der Waals surface area contributed by atoms with Crippen molar-refractivity contribution in [3.8, 4) is 0 Å². The lowest BCUT2D eigenvalue weighted by molar-refractivity contribution is -0.126. The molecule has 2 atom stereocenters. The molecular formula is C23H28Cl2N2O3S. The quantitative estimate of drug-likeness (QED) is 0.627. The molecule has 3 rings (SSSR count). The fourth-order valence-electron chi connectivity index (χ4n) is 4.06. The van der Waals surface area contributed by atoms with Crippen molar-refractivity contribution in [1.29, 1.82) is 0 Å². The van der Waals surface area contributed by atoms with Crippen molar-refractivity contribution in [2.24, 2.45) is 5.92 Å². The van der Waals surface area contributed by atoms with Gasteiger partial charge in [0.15, 0.2) is 0 Å². The highest BCUT2D eigenvalue weighted by molar-refractivity contribution is 7.88. The van der Waals surface area contributed by atoms with Crippen LogP contribution >= 0.6 is 23.2 Å². The van der Waals surface area contributed by atoms with E-state index in [9.17, 15) is 13.2 Å². The minimum atomic E-state index is -3.60. The number of nitrogens with zero attached hydrogens (tertiary/aromatic N) is 1. The first kappa shape index (κ1) is 24.1. The van der Waals surface area contributed by atoms with E-state index >= 15 is 0 Å². The van der Waals surface area contributed by atoms with Gasteiger partial charge in [0.2, 0.25) is 15.9 Å². The van der Waals surface area contributed by atoms with Crippen LogP contribution in [-0.4, -0.2) is 31.7 Å². The average Bonchev–Trinajstić information content (AvgIpc) is 2.70. The van der Waals surface area contributed by atoms with Gasteiger partial charge in [-0.2, -0.15) is 0 Å². The van der Waals surface area contributed by atoms with Gasteiger partial charge in [0.05, 0.1) is 17.7 Å². The summed E-state index contributed by atoms with van der Waals surface area (Å²) in [5, 5.41) is 3.85. The van der Waals surface area contributed by atoms with Crippen molar-refractivity contribution >= 4 is 39.1 Å². The molecule has 0 aliphatic carbocycles. The number of benzene rings is 2. The third-order valence-electron chi connectivity index (χ3n) is 5.75. The van der Waals surface area contributed by atoms with E-state index in [1.807, 2.05) is 32.9 Å². The predicted octanol–water partition coefficient (Wildman–Crippen LogP) is 5.03. The predicted molar refractivity (Wildman–Crippen MR) is 126 cm³/mol. The minimum Gasteiger partial charge on any atom is -0.349 e. The zero-order valence-electron chi connectivity index (χ0n) is 18.0. The first-order valence-corrected chi connectivity index (χ1v) is 12.7. The number of carbonyl (C=O) groups excluding carboxylic acids is 1. The molecule has 0 spiro atoms. The fraction of sp³-hybridized carbons (Fsp3) is 0.435. The summed E-state index contributed by atoms with van der Waals surface area (Å²) in [7, 11) is -3.60. The normalized spacial score (nSPS) is 18.5. The lowest BCUT2D eigenvalue weighted by Gasteiger charge is -2.32. The van der Waals surface area contributed by atoms with Crippen LogP contribution in [0.4, 0.5) is 0 Å². The zero-order valence-corrected chi connectivity index (χ0v) is 20.3. The Morgan fingerprint density at radius 1 is 1.19 bits per heavy atom.